The van der Waals surface area contributed by atoms with Crippen LogP contribution in [0.5, 0.6) is 0 Å². The fraction of sp³-hybridized carbons (Fsp3) is 0.600. The average molecular weight is 277 g/mol. The molecule has 0 bridgehead atoms. The predicted molar refractivity (Wildman–Crippen MR) is 66.9 cm³/mol. The Hall–Kier alpha value is 0.1000. The molecule has 0 aromatic carbocycles. The molecule has 0 saturated carbocycles. The second-order valence-electron chi connectivity index (χ2n) is 4.00. The summed E-state index contributed by atoms with van der Waals surface area (Å²) in [6.07, 6.45) is 0. The van der Waals surface area contributed by atoms with Crippen molar-refractivity contribution < 1.29 is 0 Å². The van der Waals surface area contributed by atoms with Crippen molar-refractivity contribution in [3.8, 4) is 0 Å². The van der Waals surface area contributed by atoms with Crippen LogP contribution >= 0.6 is 27.3 Å². The normalized spacial score (nSPS) is 12.0. The van der Waals surface area contributed by atoms with Crippen LogP contribution < -0.4 is 10.6 Å². The van der Waals surface area contributed by atoms with Crippen LogP contribution in [0.1, 0.15) is 18.7 Å². The number of hydrogen-bond acceptors (Lipinski definition) is 3. The van der Waals surface area contributed by atoms with E-state index in [1.54, 1.807) is 11.3 Å². The van der Waals surface area contributed by atoms with Crippen LogP contribution in [0.25, 0.3) is 0 Å². The minimum absolute atomic E-state index is 0.144. The Morgan fingerprint density at radius 1 is 1.50 bits per heavy atom. The summed E-state index contributed by atoms with van der Waals surface area (Å²) < 4.78 is 1.17. The van der Waals surface area contributed by atoms with Gasteiger partial charge in [-0.25, -0.2) is 0 Å². The first kappa shape index (κ1) is 12.2. The SMILES string of the molecule is CNCC(C)(C)NCc1cc(Br)cs1. The minimum Gasteiger partial charge on any atom is -0.318 e. The highest BCUT2D eigenvalue weighted by molar-refractivity contribution is 9.10. The maximum Gasteiger partial charge on any atom is 0.0305 e. The van der Waals surface area contributed by atoms with Crippen molar-refractivity contribution in [2.24, 2.45) is 0 Å². The van der Waals surface area contributed by atoms with Crippen molar-refractivity contribution in [1.82, 2.24) is 10.6 Å². The lowest BCUT2D eigenvalue weighted by Crippen LogP contribution is -2.46. The molecular weight excluding hydrogens is 260 g/mol. The van der Waals surface area contributed by atoms with E-state index < -0.39 is 0 Å². The van der Waals surface area contributed by atoms with Crippen LogP contribution in [0.4, 0.5) is 0 Å². The van der Waals surface area contributed by atoms with Gasteiger partial charge in [0.2, 0.25) is 0 Å². The van der Waals surface area contributed by atoms with E-state index in [9.17, 15) is 0 Å². The third-order valence-electron chi connectivity index (χ3n) is 1.98. The average Bonchev–Trinajstić information content (AvgIpc) is 2.48. The van der Waals surface area contributed by atoms with E-state index in [-0.39, 0.29) is 5.54 Å². The van der Waals surface area contributed by atoms with Gasteiger partial charge in [-0.1, -0.05) is 0 Å². The van der Waals surface area contributed by atoms with Crippen LogP contribution in [0.3, 0.4) is 0 Å². The summed E-state index contributed by atoms with van der Waals surface area (Å²) in [5.41, 5.74) is 0.144. The second kappa shape index (κ2) is 5.26. The summed E-state index contributed by atoms with van der Waals surface area (Å²) in [5, 5.41) is 8.81. The Labute approximate surface area is 98.2 Å². The van der Waals surface area contributed by atoms with Crippen molar-refractivity contribution in [3.05, 3.63) is 20.8 Å². The molecule has 0 aliphatic rings. The van der Waals surface area contributed by atoms with Crippen molar-refractivity contribution in [2.75, 3.05) is 13.6 Å². The van der Waals surface area contributed by atoms with Gasteiger partial charge in [-0.2, -0.15) is 0 Å². The summed E-state index contributed by atoms with van der Waals surface area (Å²) in [6.45, 7) is 6.31. The molecule has 0 amide bonds. The molecule has 1 heterocycles. The summed E-state index contributed by atoms with van der Waals surface area (Å²) in [6, 6.07) is 2.16. The Balaban J connectivity index is 2.40. The van der Waals surface area contributed by atoms with E-state index in [1.807, 2.05) is 7.05 Å². The molecule has 0 unspecified atom stereocenters. The van der Waals surface area contributed by atoms with Crippen LogP contribution in [0.2, 0.25) is 0 Å². The van der Waals surface area contributed by atoms with Crippen molar-refractivity contribution in [3.63, 3.8) is 0 Å². The van der Waals surface area contributed by atoms with E-state index in [4.69, 9.17) is 0 Å². The molecule has 1 rings (SSSR count). The molecule has 1 aromatic heterocycles. The molecule has 0 saturated heterocycles. The first-order valence-corrected chi connectivity index (χ1v) is 6.33. The lowest BCUT2D eigenvalue weighted by Gasteiger charge is -2.25. The van der Waals surface area contributed by atoms with E-state index in [0.29, 0.717) is 0 Å². The van der Waals surface area contributed by atoms with Gasteiger partial charge in [0.1, 0.15) is 0 Å². The Bertz CT molecular complexity index is 283. The smallest absolute Gasteiger partial charge is 0.0305 e. The molecule has 14 heavy (non-hydrogen) atoms. The second-order valence-corrected chi connectivity index (χ2v) is 5.91. The molecule has 2 N–H and O–H groups in total. The molecular formula is C10H17BrN2S. The van der Waals surface area contributed by atoms with E-state index in [2.05, 4.69) is 51.9 Å². The summed E-state index contributed by atoms with van der Waals surface area (Å²) in [4.78, 5) is 1.36. The minimum atomic E-state index is 0.144. The third kappa shape index (κ3) is 4.09. The zero-order valence-electron chi connectivity index (χ0n) is 8.86. The standard InChI is InChI=1S/C10H17BrN2S/c1-10(2,7-12-3)13-5-9-4-8(11)6-14-9/h4,6,12-13H,5,7H2,1-3H3. The number of halogens is 1. The maximum atomic E-state index is 3.52. The quantitative estimate of drug-likeness (QED) is 0.864. The van der Waals surface area contributed by atoms with Crippen LogP contribution in [0.15, 0.2) is 15.9 Å². The maximum absolute atomic E-state index is 3.52. The Morgan fingerprint density at radius 2 is 2.21 bits per heavy atom. The van der Waals surface area contributed by atoms with E-state index >= 15 is 0 Å². The van der Waals surface area contributed by atoms with Crippen LogP contribution in [-0.4, -0.2) is 19.1 Å². The zero-order valence-corrected chi connectivity index (χ0v) is 11.3. The highest BCUT2D eigenvalue weighted by atomic mass is 79.9. The van der Waals surface area contributed by atoms with Crippen molar-refractivity contribution in [2.45, 2.75) is 25.9 Å². The van der Waals surface area contributed by atoms with Gasteiger partial charge in [0.05, 0.1) is 0 Å². The van der Waals surface area contributed by atoms with Gasteiger partial charge in [0, 0.05) is 33.4 Å². The summed E-state index contributed by atoms with van der Waals surface area (Å²) >= 11 is 5.23. The molecule has 80 valence electrons. The third-order valence-corrected chi connectivity index (χ3v) is 3.68. The van der Waals surface area contributed by atoms with Gasteiger partial charge >= 0.3 is 0 Å². The topological polar surface area (TPSA) is 24.1 Å². The number of likely N-dealkylation sites (N-methyl/N-ethyl adjacent to an activating group) is 1. The molecule has 0 fully saturated rings. The molecule has 0 spiro atoms. The molecule has 1 aromatic rings. The molecule has 2 nitrogen and oxygen atoms in total. The first-order valence-electron chi connectivity index (χ1n) is 4.66. The lowest BCUT2D eigenvalue weighted by molar-refractivity contribution is 0.375. The number of rotatable bonds is 5. The Kier molecular flexibility index (Phi) is 4.57. The molecule has 4 heteroatoms. The summed E-state index contributed by atoms with van der Waals surface area (Å²) in [7, 11) is 1.98. The lowest BCUT2D eigenvalue weighted by atomic mass is 10.1. The highest BCUT2D eigenvalue weighted by Gasteiger charge is 2.15. The fourth-order valence-electron chi connectivity index (χ4n) is 1.28. The highest BCUT2D eigenvalue weighted by Crippen LogP contribution is 2.20. The van der Waals surface area contributed by atoms with Crippen LogP contribution in [0, 0.1) is 0 Å². The van der Waals surface area contributed by atoms with Gasteiger partial charge in [-0.05, 0) is 42.9 Å². The molecule has 0 aliphatic heterocycles. The number of nitrogens with one attached hydrogen (secondary N) is 2. The molecule has 0 aliphatic carbocycles. The number of thiophene rings is 1. The largest absolute Gasteiger partial charge is 0.318 e. The fourth-order valence-corrected chi connectivity index (χ4v) is 2.67. The monoisotopic (exact) mass is 276 g/mol. The molecule has 0 atom stereocenters. The first-order chi connectivity index (χ1) is 6.53. The van der Waals surface area contributed by atoms with Gasteiger partial charge in [-0.3, -0.25) is 0 Å². The van der Waals surface area contributed by atoms with Gasteiger partial charge in [0.15, 0.2) is 0 Å². The van der Waals surface area contributed by atoms with Crippen LogP contribution in [-0.2, 0) is 6.54 Å². The zero-order chi connectivity index (χ0) is 10.6. The Morgan fingerprint density at radius 3 is 2.71 bits per heavy atom. The van der Waals surface area contributed by atoms with E-state index in [0.717, 1.165) is 13.1 Å². The summed E-state index contributed by atoms with van der Waals surface area (Å²) in [5.74, 6) is 0. The van der Waals surface area contributed by atoms with Gasteiger partial charge < -0.3 is 10.6 Å². The van der Waals surface area contributed by atoms with E-state index in [1.165, 1.54) is 9.35 Å². The molecule has 0 radical (unpaired) electrons. The predicted octanol–water partition coefficient (Wildman–Crippen LogP) is 2.60. The number of hydrogen-bond donors (Lipinski definition) is 2. The van der Waals surface area contributed by atoms with Crippen molar-refractivity contribution in [1.29, 1.82) is 0 Å². The van der Waals surface area contributed by atoms with Gasteiger partial charge in [-0.15, -0.1) is 11.3 Å². The van der Waals surface area contributed by atoms with Crippen molar-refractivity contribution >= 4 is 27.3 Å². The van der Waals surface area contributed by atoms with Gasteiger partial charge in [0.25, 0.3) is 0 Å².